The summed E-state index contributed by atoms with van der Waals surface area (Å²) in [4.78, 5) is 12.0. The molecule has 4 heteroatoms. The third-order valence-corrected chi connectivity index (χ3v) is 3.01. The Morgan fingerprint density at radius 1 is 1.44 bits per heavy atom. The minimum Gasteiger partial charge on any atom is -0.349 e. The lowest BCUT2D eigenvalue weighted by Gasteiger charge is -2.24. The second-order valence-electron chi connectivity index (χ2n) is 5.02. The molecule has 0 heterocycles. The van der Waals surface area contributed by atoms with E-state index in [9.17, 15) is 4.79 Å². The molecule has 0 spiro atoms. The first-order valence-electron chi connectivity index (χ1n) is 5.92. The second kappa shape index (κ2) is 5.65. The van der Waals surface area contributed by atoms with E-state index < -0.39 is 5.41 Å². The van der Waals surface area contributed by atoms with Crippen LogP contribution in [0.15, 0.2) is 24.3 Å². The number of carbonyl (C=O) groups is 1. The molecule has 1 aromatic carbocycles. The fraction of sp³-hybridized carbons (Fsp3) is 0.429. The molecule has 0 aliphatic carbocycles. The molecular formula is C14H19N3O. The summed E-state index contributed by atoms with van der Waals surface area (Å²) in [6, 6.07) is 9.14. The van der Waals surface area contributed by atoms with Crippen molar-refractivity contribution in [1.82, 2.24) is 5.32 Å². The van der Waals surface area contributed by atoms with Gasteiger partial charge in [0, 0.05) is 6.54 Å². The number of nitrogens with one attached hydrogen (secondary N) is 1. The lowest BCUT2D eigenvalue weighted by molar-refractivity contribution is -0.129. The van der Waals surface area contributed by atoms with E-state index in [2.05, 4.69) is 11.4 Å². The molecule has 18 heavy (non-hydrogen) atoms. The maximum Gasteiger partial charge on any atom is 0.227 e. The van der Waals surface area contributed by atoms with Crippen LogP contribution in [0.1, 0.15) is 37.9 Å². The van der Waals surface area contributed by atoms with E-state index >= 15 is 0 Å². The first-order chi connectivity index (χ1) is 8.40. The van der Waals surface area contributed by atoms with Crippen LogP contribution in [-0.2, 0) is 4.79 Å². The van der Waals surface area contributed by atoms with Gasteiger partial charge in [0.2, 0.25) is 5.91 Å². The molecule has 1 atom stereocenters. The Morgan fingerprint density at radius 2 is 2.00 bits per heavy atom. The molecule has 96 valence electrons. The number of hydrogen-bond acceptors (Lipinski definition) is 3. The number of rotatable bonds is 4. The van der Waals surface area contributed by atoms with Crippen molar-refractivity contribution in [2.24, 2.45) is 11.1 Å². The molecule has 0 aliphatic rings. The van der Waals surface area contributed by atoms with Crippen molar-refractivity contribution in [2.75, 3.05) is 6.54 Å². The SMILES string of the molecule is CC(NC(=O)C(C)(C)CN)c1ccc(C#N)cc1. The predicted octanol–water partition coefficient (Wildman–Crippen LogP) is 1.72. The number of nitrogens with zero attached hydrogens (tertiary/aromatic N) is 1. The molecule has 0 saturated carbocycles. The molecule has 0 aromatic heterocycles. The van der Waals surface area contributed by atoms with Gasteiger partial charge in [-0.05, 0) is 38.5 Å². The molecule has 1 unspecified atom stereocenters. The number of carbonyl (C=O) groups excluding carboxylic acids is 1. The van der Waals surface area contributed by atoms with Crippen molar-refractivity contribution in [3.63, 3.8) is 0 Å². The normalized spacial score (nSPS) is 12.6. The number of benzene rings is 1. The number of amides is 1. The van der Waals surface area contributed by atoms with E-state index in [4.69, 9.17) is 11.0 Å². The van der Waals surface area contributed by atoms with E-state index in [1.54, 1.807) is 12.1 Å². The van der Waals surface area contributed by atoms with Gasteiger partial charge in [-0.1, -0.05) is 12.1 Å². The summed E-state index contributed by atoms with van der Waals surface area (Å²) in [5, 5.41) is 11.6. The highest BCUT2D eigenvalue weighted by Gasteiger charge is 2.26. The molecule has 0 aliphatic heterocycles. The highest BCUT2D eigenvalue weighted by Crippen LogP contribution is 2.18. The van der Waals surface area contributed by atoms with Gasteiger partial charge in [-0.15, -0.1) is 0 Å². The Bertz CT molecular complexity index is 457. The van der Waals surface area contributed by atoms with E-state index in [0.29, 0.717) is 12.1 Å². The molecular weight excluding hydrogens is 226 g/mol. The van der Waals surface area contributed by atoms with Crippen LogP contribution < -0.4 is 11.1 Å². The second-order valence-corrected chi connectivity index (χ2v) is 5.02. The van der Waals surface area contributed by atoms with Crippen LogP contribution in [0.25, 0.3) is 0 Å². The van der Waals surface area contributed by atoms with Gasteiger partial charge in [0.05, 0.1) is 23.1 Å². The first-order valence-corrected chi connectivity index (χ1v) is 5.92. The summed E-state index contributed by atoms with van der Waals surface area (Å²) in [6.07, 6.45) is 0. The van der Waals surface area contributed by atoms with Gasteiger partial charge in [-0.2, -0.15) is 5.26 Å². The van der Waals surface area contributed by atoms with E-state index in [1.807, 2.05) is 32.9 Å². The minimum absolute atomic E-state index is 0.0677. The summed E-state index contributed by atoms with van der Waals surface area (Å²) in [7, 11) is 0. The zero-order valence-electron chi connectivity index (χ0n) is 11.0. The quantitative estimate of drug-likeness (QED) is 0.847. The average molecular weight is 245 g/mol. The summed E-state index contributed by atoms with van der Waals surface area (Å²) >= 11 is 0. The number of hydrogen-bond donors (Lipinski definition) is 2. The lowest BCUT2D eigenvalue weighted by atomic mass is 9.92. The topological polar surface area (TPSA) is 78.9 Å². The van der Waals surface area contributed by atoms with Crippen LogP contribution >= 0.6 is 0 Å². The average Bonchev–Trinajstić information content (AvgIpc) is 2.38. The molecule has 0 saturated heterocycles. The predicted molar refractivity (Wildman–Crippen MR) is 70.6 cm³/mol. The smallest absolute Gasteiger partial charge is 0.227 e. The van der Waals surface area contributed by atoms with Crippen LogP contribution in [0.3, 0.4) is 0 Å². The van der Waals surface area contributed by atoms with Gasteiger partial charge in [0.1, 0.15) is 0 Å². The Kier molecular flexibility index (Phi) is 4.46. The van der Waals surface area contributed by atoms with Crippen LogP contribution in [0, 0.1) is 16.7 Å². The summed E-state index contributed by atoms with van der Waals surface area (Å²) in [5.41, 5.74) is 6.57. The van der Waals surface area contributed by atoms with Gasteiger partial charge in [-0.3, -0.25) is 4.79 Å². The molecule has 1 amide bonds. The monoisotopic (exact) mass is 245 g/mol. The fourth-order valence-electron chi connectivity index (χ4n) is 1.41. The molecule has 0 radical (unpaired) electrons. The Hall–Kier alpha value is -1.86. The first kappa shape index (κ1) is 14.2. The highest BCUT2D eigenvalue weighted by atomic mass is 16.2. The number of nitriles is 1. The zero-order chi connectivity index (χ0) is 13.8. The zero-order valence-corrected chi connectivity index (χ0v) is 11.0. The molecule has 3 N–H and O–H groups in total. The van der Waals surface area contributed by atoms with Crippen LogP contribution in [0.2, 0.25) is 0 Å². The van der Waals surface area contributed by atoms with Crippen molar-refractivity contribution in [1.29, 1.82) is 5.26 Å². The maximum atomic E-state index is 12.0. The molecule has 1 rings (SSSR count). The summed E-state index contributed by atoms with van der Waals surface area (Å²) in [6.45, 7) is 5.84. The Balaban J connectivity index is 2.74. The van der Waals surface area contributed by atoms with Gasteiger partial charge in [0.25, 0.3) is 0 Å². The number of nitrogens with two attached hydrogens (primary N) is 1. The third kappa shape index (κ3) is 3.31. The fourth-order valence-corrected chi connectivity index (χ4v) is 1.41. The lowest BCUT2D eigenvalue weighted by Crippen LogP contribution is -2.42. The maximum absolute atomic E-state index is 12.0. The van der Waals surface area contributed by atoms with Crippen molar-refractivity contribution in [2.45, 2.75) is 26.8 Å². The van der Waals surface area contributed by atoms with Gasteiger partial charge >= 0.3 is 0 Å². The molecule has 0 bridgehead atoms. The molecule has 1 aromatic rings. The summed E-state index contributed by atoms with van der Waals surface area (Å²) < 4.78 is 0. The van der Waals surface area contributed by atoms with Crippen LogP contribution in [-0.4, -0.2) is 12.5 Å². The Labute approximate surface area is 108 Å². The largest absolute Gasteiger partial charge is 0.349 e. The van der Waals surface area contributed by atoms with Crippen LogP contribution in [0.4, 0.5) is 0 Å². The van der Waals surface area contributed by atoms with Gasteiger partial charge in [-0.25, -0.2) is 0 Å². The van der Waals surface area contributed by atoms with Crippen molar-refractivity contribution < 1.29 is 4.79 Å². The van der Waals surface area contributed by atoms with Crippen molar-refractivity contribution in [3.05, 3.63) is 35.4 Å². The molecule has 4 nitrogen and oxygen atoms in total. The van der Waals surface area contributed by atoms with Gasteiger partial charge < -0.3 is 11.1 Å². The van der Waals surface area contributed by atoms with E-state index in [1.165, 1.54) is 0 Å². The van der Waals surface area contributed by atoms with E-state index in [0.717, 1.165) is 5.56 Å². The molecule has 0 fully saturated rings. The minimum atomic E-state index is -0.569. The van der Waals surface area contributed by atoms with Crippen molar-refractivity contribution >= 4 is 5.91 Å². The standard InChI is InChI=1S/C14H19N3O/c1-10(17-13(18)14(2,3)9-16)12-6-4-11(8-15)5-7-12/h4-7,10H,9,16H2,1-3H3,(H,17,18). The highest BCUT2D eigenvalue weighted by molar-refractivity contribution is 5.82. The van der Waals surface area contributed by atoms with Gasteiger partial charge in [0.15, 0.2) is 0 Å². The Morgan fingerprint density at radius 3 is 2.44 bits per heavy atom. The van der Waals surface area contributed by atoms with Crippen molar-refractivity contribution in [3.8, 4) is 6.07 Å². The van der Waals surface area contributed by atoms with Crippen LogP contribution in [0.5, 0.6) is 0 Å². The third-order valence-electron chi connectivity index (χ3n) is 3.01. The van der Waals surface area contributed by atoms with E-state index in [-0.39, 0.29) is 11.9 Å². The summed E-state index contributed by atoms with van der Waals surface area (Å²) in [5.74, 6) is -0.0677.